The zero-order valence-electron chi connectivity index (χ0n) is 14.0. The molecule has 1 heterocycles. The van der Waals surface area contributed by atoms with Crippen molar-refractivity contribution in [3.8, 4) is 0 Å². The summed E-state index contributed by atoms with van der Waals surface area (Å²) in [6.07, 6.45) is 0. The van der Waals surface area contributed by atoms with Crippen molar-refractivity contribution in [2.75, 3.05) is 20.8 Å². The molecule has 0 spiro atoms. The number of halogens is 2. The normalized spacial score (nSPS) is 20.2. The molecule has 1 aliphatic heterocycles. The zero-order chi connectivity index (χ0) is 17.3. The fourth-order valence-electron chi connectivity index (χ4n) is 3.40. The lowest BCUT2D eigenvalue weighted by atomic mass is 9.87. The molecular weight excluding hydrogens is 345 g/mol. The minimum Gasteiger partial charge on any atom is -0.351 e. The average Bonchev–Trinajstić information content (AvgIpc) is 2.60. The molecule has 0 bridgehead atoms. The monoisotopic (exact) mass is 365 g/mol. The van der Waals surface area contributed by atoms with Gasteiger partial charge in [-0.05, 0) is 42.3 Å². The molecule has 0 radical (unpaired) electrons. The van der Waals surface area contributed by atoms with Crippen LogP contribution in [-0.2, 0) is 9.47 Å². The first kappa shape index (κ1) is 17.7. The Hall–Kier alpha value is -1.10. The van der Waals surface area contributed by atoms with E-state index in [9.17, 15) is 0 Å². The minimum absolute atomic E-state index is 0.0907. The average molecular weight is 366 g/mol. The van der Waals surface area contributed by atoms with Gasteiger partial charge in [0.1, 0.15) is 0 Å². The number of rotatable bonds is 5. The predicted molar refractivity (Wildman–Crippen MR) is 97.7 cm³/mol. The van der Waals surface area contributed by atoms with Crippen LogP contribution < -0.4 is 0 Å². The number of likely N-dealkylation sites (tertiary alicyclic amines) is 1. The van der Waals surface area contributed by atoms with Crippen LogP contribution in [0.15, 0.2) is 48.5 Å². The third kappa shape index (κ3) is 3.07. The van der Waals surface area contributed by atoms with Crippen LogP contribution in [0.1, 0.15) is 24.1 Å². The molecule has 0 aromatic heterocycles. The van der Waals surface area contributed by atoms with Crippen molar-refractivity contribution in [1.82, 2.24) is 4.90 Å². The van der Waals surface area contributed by atoms with E-state index >= 15 is 0 Å². The van der Waals surface area contributed by atoms with E-state index in [1.165, 1.54) is 11.1 Å². The van der Waals surface area contributed by atoms with E-state index in [0.29, 0.717) is 6.54 Å². The first-order chi connectivity index (χ1) is 11.5. The van der Waals surface area contributed by atoms with Crippen molar-refractivity contribution in [2.24, 2.45) is 0 Å². The molecule has 0 saturated carbocycles. The third-order valence-electron chi connectivity index (χ3n) is 4.93. The van der Waals surface area contributed by atoms with Crippen LogP contribution in [0.3, 0.4) is 0 Å². The lowest BCUT2D eigenvalue weighted by Crippen LogP contribution is -2.70. The van der Waals surface area contributed by atoms with Gasteiger partial charge in [-0.25, -0.2) is 0 Å². The highest BCUT2D eigenvalue weighted by molar-refractivity contribution is 6.30. The van der Waals surface area contributed by atoms with Crippen LogP contribution in [0.2, 0.25) is 10.0 Å². The number of benzene rings is 2. The summed E-state index contributed by atoms with van der Waals surface area (Å²) < 4.78 is 11.2. The molecule has 2 aromatic carbocycles. The summed E-state index contributed by atoms with van der Waals surface area (Å²) in [5.74, 6) is -0.558. The van der Waals surface area contributed by atoms with Crippen LogP contribution >= 0.6 is 23.2 Å². The second kappa shape index (κ2) is 7.03. The molecule has 128 valence electrons. The lowest BCUT2D eigenvalue weighted by Gasteiger charge is -2.56. The van der Waals surface area contributed by atoms with Gasteiger partial charge in [0.15, 0.2) is 5.79 Å². The van der Waals surface area contributed by atoms with Crippen LogP contribution in [0.4, 0.5) is 0 Å². The molecule has 2 aromatic rings. The van der Waals surface area contributed by atoms with E-state index in [1.807, 2.05) is 24.3 Å². The predicted octanol–water partition coefficient (Wildman–Crippen LogP) is 4.78. The quantitative estimate of drug-likeness (QED) is 0.711. The van der Waals surface area contributed by atoms with Crippen molar-refractivity contribution in [1.29, 1.82) is 0 Å². The smallest absolute Gasteiger partial charge is 0.196 e. The third-order valence-corrected chi connectivity index (χ3v) is 5.44. The zero-order valence-corrected chi connectivity index (χ0v) is 15.5. The highest BCUT2D eigenvalue weighted by Crippen LogP contribution is 2.42. The summed E-state index contributed by atoms with van der Waals surface area (Å²) >= 11 is 12.1. The van der Waals surface area contributed by atoms with Crippen molar-refractivity contribution >= 4 is 23.2 Å². The van der Waals surface area contributed by atoms with Gasteiger partial charge in [-0.2, -0.15) is 0 Å². The molecule has 3 rings (SSSR count). The van der Waals surface area contributed by atoms with E-state index in [0.717, 1.165) is 10.0 Å². The van der Waals surface area contributed by atoms with Gasteiger partial charge in [-0.3, -0.25) is 4.90 Å². The number of methoxy groups -OCH3 is 2. The molecule has 5 heteroatoms. The Bertz CT molecular complexity index is 638. The number of hydrogen-bond acceptors (Lipinski definition) is 3. The van der Waals surface area contributed by atoms with Crippen LogP contribution in [-0.4, -0.2) is 37.5 Å². The van der Waals surface area contributed by atoms with Gasteiger partial charge in [0.25, 0.3) is 0 Å². The fourth-order valence-corrected chi connectivity index (χ4v) is 3.65. The van der Waals surface area contributed by atoms with E-state index in [2.05, 4.69) is 36.1 Å². The summed E-state index contributed by atoms with van der Waals surface area (Å²) in [7, 11) is 3.38. The van der Waals surface area contributed by atoms with Gasteiger partial charge in [-0.15, -0.1) is 0 Å². The second-order valence-corrected chi connectivity index (χ2v) is 6.95. The van der Waals surface area contributed by atoms with Crippen molar-refractivity contribution in [3.63, 3.8) is 0 Å². The molecular formula is C19H21Cl2NO2. The topological polar surface area (TPSA) is 21.7 Å². The van der Waals surface area contributed by atoms with Crippen LogP contribution in [0.5, 0.6) is 0 Å². The number of hydrogen-bond donors (Lipinski definition) is 0. The molecule has 3 nitrogen and oxygen atoms in total. The number of ether oxygens (including phenoxy) is 2. The Labute approximate surface area is 153 Å². The van der Waals surface area contributed by atoms with Crippen molar-refractivity contribution in [2.45, 2.75) is 24.8 Å². The molecule has 1 atom stereocenters. The second-order valence-electron chi connectivity index (χ2n) is 6.07. The maximum Gasteiger partial charge on any atom is 0.196 e. The first-order valence-corrected chi connectivity index (χ1v) is 8.63. The Kier molecular flexibility index (Phi) is 5.19. The lowest BCUT2D eigenvalue weighted by molar-refractivity contribution is -0.311. The Morgan fingerprint density at radius 3 is 1.67 bits per heavy atom. The van der Waals surface area contributed by atoms with Gasteiger partial charge in [0.2, 0.25) is 0 Å². The van der Waals surface area contributed by atoms with Gasteiger partial charge in [-0.1, -0.05) is 47.5 Å². The molecule has 0 aliphatic carbocycles. The molecule has 0 amide bonds. The first-order valence-electron chi connectivity index (χ1n) is 7.87. The summed E-state index contributed by atoms with van der Waals surface area (Å²) in [5, 5.41) is 1.46. The van der Waals surface area contributed by atoms with Gasteiger partial charge in [0, 0.05) is 24.3 Å². The van der Waals surface area contributed by atoms with E-state index in [4.69, 9.17) is 32.7 Å². The van der Waals surface area contributed by atoms with E-state index < -0.39 is 5.79 Å². The molecule has 0 N–H and O–H groups in total. The standard InChI is InChI=1S/C19H21Cl2NO2/c1-13-19(23-2,24-3)12-22(13)18(14-4-8-16(20)9-5-14)15-6-10-17(21)11-7-15/h4-11,13,18H,12H2,1-3H3. The fraction of sp³-hybridized carbons (Fsp3) is 0.368. The summed E-state index contributed by atoms with van der Waals surface area (Å²) in [6, 6.07) is 16.1. The summed E-state index contributed by atoms with van der Waals surface area (Å²) in [5.41, 5.74) is 2.35. The van der Waals surface area contributed by atoms with Crippen molar-refractivity contribution < 1.29 is 9.47 Å². The molecule has 1 saturated heterocycles. The van der Waals surface area contributed by atoms with Gasteiger partial charge >= 0.3 is 0 Å². The molecule has 1 fully saturated rings. The maximum absolute atomic E-state index is 6.06. The highest BCUT2D eigenvalue weighted by Gasteiger charge is 2.54. The van der Waals surface area contributed by atoms with E-state index in [1.54, 1.807) is 14.2 Å². The van der Waals surface area contributed by atoms with E-state index in [-0.39, 0.29) is 12.1 Å². The number of nitrogens with zero attached hydrogens (tertiary/aromatic N) is 1. The molecule has 1 unspecified atom stereocenters. The maximum atomic E-state index is 6.06. The minimum atomic E-state index is -0.558. The summed E-state index contributed by atoms with van der Waals surface area (Å²) in [6.45, 7) is 2.81. The SMILES string of the molecule is COC1(OC)CN(C(c2ccc(Cl)cc2)c2ccc(Cl)cc2)C1C. The van der Waals surface area contributed by atoms with Gasteiger partial charge in [0.05, 0.1) is 18.6 Å². The van der Waals surface area contributed by atoms with Gasteiger partial charge < -0.3 is 9.47 Å². The molecule has 1 aliphatic rings. The highest BCUT2D eigenvalue weighted by atomic mass is 35.5. The Balaban J connectivity index is 1.97. The molecule has 24 heavy (non-hydrogen) atoms. The Morgan fingerprint density at radius 2 is 1.33 bits per heavy atom. The summed E-state index contributed by atoms with van der Waals surface area (Å²) in [4.78, 5) is 2.36. The Morgan fingerprint density at radius 1 is 0.917 bits per heavy atom. The van der Waals surface area contributed by atoms with Crippen LogP contribution in [0.25, 0.3) is 0 Å². The largest absolute Gasteiger partial charge is 0.351 e. The van der Waals surface area contributed by atoms with Crippen LogP contribution in [0, 0.1) is 0 Å². The van der Waals surface area contributed by atoms with Crippen molar-refractivity contribution in [3.05, 3.63) is 69.7 Å².